The van der Waals surface area contributed by atoms with Gasteiger partial charge in [-0.15, -0.1) is 0 Å². The van der Waals surface area contributed by atoms with Gasteiger partial charge in [0.1, 0.15) is 12.7 Å². The number of aliphatic hydroxyl groups excluding tert-OH is 2. The van der Waals surface area contributed by atoms with E-state index < -0.39 is 51.8 Å². The van der Waals surface area contributed by atoms with Crippen molar-refractivity contribution in [3.05, 3.63) is 0 Å². The van der Waals surface area contributed by atoms with Crippen molar-refractivity contribution in [1.29, 1.82) is 0 Å². The molecule has 0 aromatic rings. The Bertz CT molecular complexity index is 587. The fraction of sp³-hybridized carbons (Fsp3) is 0.917. The van der Waals surface area contributed by atoms with E-state index in [1.807, 2.05) is 0 Å². The summed E-state index contributed by atoms with van der Waals surface area (Å²) < 4.78 is 31.4. The topological polar surface area (TPSA) is 149 Å². The van der Waals surface area contributed by atoms with E-state index in [0.717, 1.165) is 19.3 Å². The van der Waals surface area contributed by atoms with Gasteiger partial charge in [0.2, 0.25) is 0 Å². The standard InChI is InChI=1S/C24H47O10P/c1-3-5-6-7-8-9-10-11-12-13-14-15-16-24(28)31-19-22(34-23(27)4-2)20-33-35(29,30)32-18-21(26)17-25/h21-22,25-26H,3-20H2,1-2H3,(H,29,30)/t21-,22+/m0/s1. The third kappa shape index (κ3) is 21.9. The van der Waals surface area contributed by atoms with Crippen molar-refractivity contribution in [3.63, 3.8) is 0 Å². The second-order valence-electron chi connectivity index (χ2n) is 8.68. The molecule has 0 saturated carbocycles. The Hall–Kier alpha value is -1.03. The number of ether oxygens (including phenoxy) is 2. The third-order valence-electron chi connectivity index (χ3n) is 5.32. The first-order valence-corrected chi connectivity index (χ1v) is 14.5. The molecule has 3 atom stereocenters. The Kier molecular flexibility index (Phi) is 21.5. The maximum absolute atomic E-state index is 12.0. The molecule has 10 nitrogen and oxygen atoms in total. The van der Waals surface area contributed by atoms with Crippen molar-refractivity contribution >= 4 is 19.8 Å². The van der Waals surface area contributed by atoms with Gasteiger partial charge in [0.15, 0.2) is 6.10 Å². The Labute approximate surface area is 210 Å². The van der Waals surface area contributed by atoms with Crippen LogP contribution in [0.4, 0.5) is 0 Å². The van der Waals surface area contributed by atoms with E-state index in [-0.39, 0.29) is 19.4 Å². The average Bonchev–Trinajstić information content (AvgIpc) is 2.84. The Morgan fingerprint density at radius 3 is 1.80 bits per heavy atom. The Balaban J connectivity index is 4.06. The summed E-state index contributed by atoms with van der Waals surface area (Å²) in [5.41, 5.74) is 0. The molecule has 0 aliphatic carbocycles. The minimum Gasteiger partial charge on any atom is -0.462 e. The zero-order chi connectivity index (χ0) is 26.4. The molecule has 0 aromatic heterocycles. The van der Waals surface area contributed by atoms with Crippen LogP contribution in [0.25, 0.3) is 0 Å². The second-order valence-corrected chi connectivity index (χ2v) is 10.1. The molecule has 0 amide bonds. The van der Waals surface area contributed by atoms with E-state index in [9.17, 15) is 24.2 Å². The SMILES string of the molecule is CCCCCCCCCCCCCCC(=O)OC[C@H](COP(=O)(O)OC[C@@H](O)CO)OC(=O)CC. The van der Waals surface area contributed by atoms with Gasteiger partial charge in [0, 0.05) is 12.8 Å². The van der Waals surface area contributed by atoms with Crippen LogP contribution < -0.4 is 0 Å². The van der Waals surface area contributed by atoms with Crippen molar-refractivity contribution in [2.24, 2.45) is 0 Å². The smallest absolute Gasteiger partial charge is 0.462 e. The van der Waals surface area contributed by atoms with E-state index >= 15 is 0 Å². The maximum atomic E-state index is 12.0. The van der Waals surface area contributed by atoms with Crippen molar-refractivity contribution in [3.8, 4) is 0 Å². The van der Waals surface area contributed by atoms with E-state index in [1.54, 1.807) is 6.92 Å². The lowest BCUT2D eigenvalue weighted by Gasteiger charge is -2.20. The molecule has 0 bridgehead atoms. The van der Waals surface area contributed by atoms with Crippen LogP contribution in [0.5, 0.6) is 0 Å². The van der Waals surface area contributed by atoms with Crippen LogP contribution in [-0.4, -0.2) is 65.7 Å². The Morgan fingerprint density at radius 1 is 0.771 bits per heavy atom. The summed E-state index contributed by atoms with van der Waals surface area (Å²) in [5, 5.41) is 17.9. The van der Waals surface area contributed by atoms with Gasteiger partial charge in [-0.1, -0.05) is 84.5 Å². The van der Waals surface area contributed by atoms with Crippen molar-refractivity contribution in [2.75, 3.05) is 26.4 Å². The highest BCUT2D eigenvalue weighted by Gasteiger charge is 2.26. The predicted molar refractivity (Wildman–Crippen MR) is 132 cm³/mol. The van der Waals surface area contributed by atoms with E-state index in [2.05, 4.69) is 11.4 Å². The highest BCUT2D eigenvalue weighted by atomic mass is 31.2. The predicted octanol–water partition coefficient (Wildman–Crippen LogP) is 4.43. The minimum absolute atomic E-state index is 0.0687. The largest absolute Gasteiger partial charge is 0.472 e. The number of phosphoric ester groups is 1. The molecular weight excluding hydrogens is 479 g/mol. The number of hydrogen-bond donors (Lipinski definition) is 3. The summed E-state index contributed by atoms with van der Waals surface area (Å²) in [7, 11) is -4.56. The fourth-order valence-corrected chi connectivity index (χ4v) is 3.99. The average molecular weight is 527 g/mol. The van der Waals surface area contributed by atoms with Gasteiger partial charge in [0.25, 0.3) is 0 Å². The number of carbonyl (C=O) groups excluding carboxylic acids is 2. The van der Waals surface area contributed by atoms with Gasteiger partial charge in [-0.3, -0.25) is 18.6 Å². The van der Waals surface area contributed by atoms with E-state index in [4.69, 9.17) is 19.1 Å². The van der Waals surface area contributed by atoms with Crippen LogP contribution in [0.3, 0.4) is 0 Å². The lowest BCUT2D eigenvalue weighted by Crippen LogP contribution is -2.29. The molecule has 11 heteroatoms. The monoisotopic (exact) mass is 526 g/mol. The van der Waals surface area contributed by atoms with Crippen LogP contribution in [0.2, 0.25) is 0 Å². The van der Waals surface area contributed by atoms with Gasteiger partial charge in [-0.2, -0.15) is 0 Å². The molecule has 208 valence electrons. The van der Waals surface area contributed by atoms with Crippen LogP contribution in [0.15, 0.2) is 0 Å². The summed E-state index contributed by atoms with van der Waals surface area (Å²) in [6.07, 6.45) is 12.2. The molecule has 0 rings (SSSR count). The number of phosphoric acid groups is 1. The number of rotatable bonds is 24. The highest BCUT2D eigenvalue weighted by Crippen LogP contribution is 2.43. The van der Waals surface area contributed by atoms with Crippen molar-refractivity contribution in [1.82, 2.24) is 0 Å². The fourth-order valence-electron chi connectivity index (χ4n) is 3.20. The van der Waals surface area contributed by atoms with Crippen LogP contribution in [0.1, 0.15) is 104 Å². The number of aliphatic hydroxyl groups is 2. The first kappa shape index (κ1) is 34.0. The molecule has 0 aliphatic heterocycles. The number of unbranched alkanes of at least 4 members (excludes halogenated alkanes) is 11. The molecule has 0 aromatic carbocycles. The molecule has 0 spiro atoms. The lowest BCUT2D eigenvalue weighted by atomic mass is 10.0. The van der Waals surface area contributed by atoms with Crippen molar-refractivity contribution < 1.29 is 47.8 Å². The van der Waals surface area contributed by atoms with Gasteiger partial charge in [-0.25, -0.2) is 4.57 Å². The first-order chi connectivity index (χ1) is 16.7. The molecule has 0 saturated heterocycles. The van der Waals surface area contributed by atoms with Crippen LogP contribution >= 0.6 is 7.82 Å². The maximum Gasteiger partial charge on any atom is 0.472 e. The summed E-state index contributed by atoms with van der Waals surface area (Å²) in [6.45, 7) is 1.68. The summed E-state index contributed by atoms with van der Waals surface area (Å²) in [5.74, 6) is -1.02. The van der Waals surface area contributed by atoms with E-state index in [1.165, 1.54) is 51.4 Å². The molecule has 0 radical (unpaired) electrons. The quantitative estimate of drug-likeness (QED) is 0.0936. The molecule has 0 heterocycles. The third-order valence-corrected chi connectivity index (χ3v) is 6.27. The molecule has 0 fully saturated rings. The highest BCUT2D eigenvalue weighted by molar-refractivity contribution is 7.47. The normalized spacial score (nSPS) is 14.8. The second kappa shape index (κ2) is 22.2. The molecule has 3 N–H and O–H groups in total. The minimum atomic E-state index is -4.56. The molecular formula is C24H47O10P. The van der Waals surface area contributed by atoms with E-state index in [0.29, 0.717) is 6.42 Å². The number of hydrogen-bond acceptors (Lipinski definition) is 9. The number of esters is 2. The van der Waals surface area contributed by atoms with Gasteiger partial charge in [0.05, 0.1) is 19.8 Å². The lowest BCUT2D eigenvalue weighted by molar-refractivity contribution is -0.161. The Morgan fingerprint density at radius 2 is 1.29 bits per heavy atom. The summed E-state index contributed by atoms with van der Waals surface area (Å²) in [6, 6.07) is 0. The first-order valence-electron chi connectivity index (χ1n) is 13.0. The molecule has 1 unspecified atom stereocenters. The van der Waals surface area contributed by atoms with Gasteiger partial charge in [-0.05, 0) is 6.42 Å². The zero-order valence-electron chi connectivity index (χ0n) is 21.5. The summed E-state index contributed by atoms with van der Waals surface area (Å²) in [4.78, 5) is 33.2. The molecule has 35 heavy (non-hydrogen) atoms. The van der Waals surface area contributed by atoms with Gasteiger partial charge < -0.3 is 24.6 Å². The molecule has 0 aliphatic rings. The zero-order valence-corrected chi connectivity index (χ0v) is 22.4. The summed E-state index contributed by atoms with van der Waals surface area (Å²) >= 11 is 0. The van der Waals surface area contributed by atoms with Crippen LogP contribution in [-0.2, 0) is 32.7 Å². The van der Waals surface area contributed by atoms with Gasteiger partial charge >= 0.3 is 19.8 Å². The van der Waals surface area contributed by atoms with Crippen molar-refractivity contribution in [2.45, 2.75) is 116 Å². The van der Waals surface area contributed by atoms with Crippen LogP contribution in [0, 0.1) is 0 Å². The number of carbonyl (C=O) groups is 2.